The third kappa shape index (κ3) is 1.53. The first kappa shape index (κ1) is 9.22. The fourth-order valence-corrected chi connectivity index (χ4v) is 3.05. The summed E-state index contributed by atoms with van der Waals surface area (Å²) < 4.78 is 0. The number of piperidine rings is 1. The van der Waals surface area contributed by atoms with Crippen LogP contribution in [0.4, 0.5) is 0 Å². The summed E-state index contributed by atoms with van der Waals surface area (Å²) in [6.07, 6.45) is 4.74. The monoisotopic (exact) mass is 203 g/mol. The Morgan fingerprint density at radius 1 is 1.27 bits per heavy atom. The molecule has 1 aliphatic carbocycles. The molecule has 1 aromatic rings. The average molecular weight is 203 g/mol. The molecule has 0 spiro atoms. The lowest BCUT2D eigenvalue weighted by Crippen LogP contribution is -2.45. The van der Waals surface area contributed by atoms with E-state index in [1.54, 1.807) is 0 Å². The van der Waals surface area contributed by atoms with Gasteiger partial charge in [-0.3, -0.25) is 0 Å². The largest absolute Gasteiger partial charge is 0.508 e. The van der Waals surface area contributed by atoms with E-state index in [-0.39, 0.29) is 0 Å². The van der Waals surface area contributed by atoms with Crippen LogP contribution in [-0.2, 0) is 12.8 Å². The molecule has 0 radical (unpaired) electrons. The molecule has 1 aliphatic heterocycles. The maximum atomic E-state index is 9.83. The molecule has 2 heteroatoms. The van der Waals surface area contributed by atoms with Gasteiger partial charge < -0.3 is 10.4 Å². The molecular formula is C13H17NO. The summed E-state index contributed by atoms with van der Waals surface area (Å²) in [6.45, 7) is 1.16. The first-order valence-corrected chi connectivity index (χ1v) is 5.88. The lowest BCUT2D eigenvalue weighted by molar-refractivity contribution is 0.260. The minimum Gasteiger partial charge on any atom is -0.508 e. The van der Waals surface area contributed by atoms with Crippen LogP contribution in [-0.4, -0.2) is 17.7 Å². The van der Waals surface area contributed by atoms with Gasteiger partial charge in [0.1, 0.15) is 5.75 Å². The maximum absolute atomic E-state index is 9.83. The summed E-state index contributed by atoms with van der Waals surface area (Å²) in [5.41, 5.74) is 2.54. The van der Waals surface area contributed by atoms with Gasteiger partial charge in [-0.25, -0.2) is 0 Å². The van der Waals surface area contributed by atoms with E-state index in [4.69, 9.17) is 0 Å². The Hall–Kier alpha value is -1.02. The second-order valence-corrected chi connectivity index (χ2v) is 4.79. The number of rotatable bonds is 0. The lowest BCUT2D eigenvalue weighted by Gasteiger charge is -2.37. The highest BCUT2D eigenvalue weighted by Gasteiger charge is 2.31. The van der Waals surface area contributed by atoms with Gasteiger partial charge in [0.05, 0.1) is 0 Å². The molecular weight excluding hydrogens is 186 g/mol. The topological polar surface area (TPSA) is 32.3 Å². The zero-order valence-electron chi connectivity index (χ0n) is 8.87. The van der Waals surface area contributed by atoms with Gasteiger partial charge in [-0.2, -0.15) is 0 Å². The molecule has 0 unspecified atom stereocenters. The fraction of sp³-hybridized carbons (Fsp3) is 0.538. The van der Waals surface area contributed by atoms with Gasteiger partial charge in [0, 0.05) is 6.04 Å². The average Bonchev–Trinajstić information content (AvgIpc) is 2.27. The standard InChI is InChI=1S/C13H17NO/c15-13-5-1-3-9-8-12-10(7-11(9)13)4-2-6-14-12/h1,3,5,10,12,14-15H,2,4,6-8H2/t10-,12-/m1/s1. The molecule has 3 rings (SSSR count). The zero-order chi connectivity index (χ0) is 10.3. The van der Waals surface area contributed by atoms with Crippen molar-refractivity contribution in [1.82, 2.24) is 5.32 Å². The minimum absolute atomic E-state index is 0.497. The number of phenols is 1. The normalized spacial score (nSPS) is 29.3. The van der Waals surface area contributed by atoms with Crippen molar-refractivity contribution in [2.75, 3.05) is 6.54 Å². The molecule has 0 amide bonds. The second-order valence-electron chi connectivity index (χ2n) is 4.79. The van der Waals surface area contributed by atoms with Gasteiger partial charge in [0.15, 0.2) is 0 Å². The zero-order valence-corrected chi connectivity index (χ0v) is 8.87. The smallest absolute Gasteiger partial charge is 0.119 e. The molecule has 0 bridgehead atoms. The minimum atomic E-state index is 0.497. The van der Waals surface area contributed by atoms with Gasteiger partial charge in [-0.05, 0) is 55.3 Å². The molecule has 15 heavy (non-hydrogen) atoms. The third-order valence-corrected chi connectivity index (χ3v) is 3.88. The number of hydrogen-bond acceptors (Lipinski definition) is 2. The van der Waals surface area contributed by atoms with Gasteiger partial charge in [-0.15, -0.1) is 0 Å². The Balaban J connectivity index is 1.95. The van der Waals surface area contributed by atoms with E-state index in [0.29, 0.717) is 11.8 Å². The molecule has 1 aromatic carbocycles. The van der Waals surface area contributed by atoms with Crippen LogP contribution in [0.3, 0.4) is 0 Å². The van der Waals surface area contributed by atoms with Crippen LogP contribution < -0.4 is 5.32 Å². The van der Waals surface area contributed by atoms with Gasteiger partial charge in [-0.1, -0.05) is 12.1 Å². The lowest BCUT2D eigenvalue weighted by atomic mass is 9.76. The van der Waals surface area contributed by atoms with E-state index >= 15 is 0 Å². The predicted octanol–water partition coefficient (Wildman–Crippen LogP) is 1.86. The Bertz CT molecular complexity index is 375. The third-order valence-electron chi connectivity index (χ3n) is 3.88. The van der Waals surface area contributed by atoms with Crippen molar-refractivity contribution in [1.29, 1.82) is 0 Å². The molecule has 2 atom stereocenters. The molecule has 80 valence electrons. The van der Waals surface area contributed by atoms with Crippen molar-refractivity contribution in [2.24, 2.45) is 5.92 Å². The molecule has 0 saturated carbocycles. The van der Waals surface area contributed by atoms with Crippen molar-refractivity contribution < 1.29 is 5.11 Å². The maximum Gasteiger partial charge on any atom is 0.119 e. The first-order valence-electron chi connectivity index (χ1n) is 5.88. The summed E-state index contributed by atoms with van der Waals surface area (Å²) in [5, 5.41) is 13.4. The Kier molecular flexibility index (Phi) is 2.17. The highest BCUT2D eigenvalue weighted by molar-refractivity contribution is 5.42. The van der Waals surface area contributed by atoms with Crippen LogP contribution in [0.2, 0.25) is 0 Å². The van der Waals surface area contributed by atoms with Crippen LogP contribution in [0.1, 0.15) is 24.0 Å². The number of phenolic OH excluding ortho intramolecular Hbond substituents is 1. The van der Waals surface area contributed by atoms with Crippen molar-refractivity contribution in [2.45, 2.75) is 31.7 Å². The summed E-state index contributed by atoms with van der Waals surface area (Å²) >= 11 is 0. The highest BCUT2D eigenvalue weighted by Crippen LogP contribution is 2.34. The van der Waals surface area contributed by atoms with E-state index in [1.165, 1.54) is 24.0 Å². The molecule has 2 N–H and O–H groups in total. The number of nitrogens with one attached hydrogen (secondary N) is 1. The van der Waals surface area contributed by atoms with E-state index < -0.39 is 0 Å². The fourth-order valence-electron chi connectivity index (χ4n) is 3.05. The quantitative estimate of drug-likeness (QED) is 0.674. The van der Waals surface area contributed by atoms with Crippen LogP contribution in [0.15, 0.2) is 18.2 Å². The number of aromatic hydroxyl groups is 1. The van der Waals surface area contributed by atoms with E-state index in [0.717, 1.165) is 25.3 Å². The number of benzene rings is 1. The van der Waals surface area contributed by atoms with Crippen LogP contribution in [0.25, 0.3) is 0 Å². The summed E-state index contributed by atoms with van der Waals surface area (Å²) in [7, 11) is 0. The number of hydrogen-bond donors (Lipinski definition) is 2. The number of fused-ring (bicyclic) bond motifs is 2. The van der Waals surface area contributed by atoms with E-state index in [9.17, 15) is 5.11 Å². The van der Waals surface area contributed by atoms with E-state index in [2.05, 4.69) is 11.4 Å². The SMILES string of the molecule is Oc1cccc2c1C[C@H]1CCCN[C@@H]1C2. The van der Waals surface area contributed by atoms with Crippen LogP contribution in [0, 0.1) is 5.92 Å². The molecule has 1 saturated heterocycles. The Labute approximate surface area is 90.3 Å². The molecule has 1 heterocycles. The van der Waals surface area contributed by atoms with Gasteiger partial charge in [0.25, 0.3) is 0 Å². The van der Waals surface area contributed by atoms with Crippen molar-refractivity contribution in [3.63, 3.8) is 0 Å². The molecule has 1 fully saturated rings. The summed E-state index contributed by atoms with van der Waals surface area (Å²) in [5.74, 6) is 1.23. The van der Waals surface area contributed by atoms with Crippen LogP contribution >= 0.6 is 0 Å². The van der Waals surface area contributed by atoms with E-state index in [1.807, 2.05) is 12.1 Å². The predicted molar refractivity (Wildman–Crippen MR) is 60.0 cm³/mol. The Morgan fingerprint density at radius 3 is 3.13 bits per heavy atom. The van der Waals surface area contributed by atoms with Crippen molar-refractivity contribution in [3.8, 4) is 5.75 Å². The molecule has 2 nitrogen and oxygen atoms in total. The van der Waals surface area contributed by atoms with Crippen molar-refractivity contribution in [3.05, 3.63) is 29.3 Å². The van der Waals surface area contributed by atoms with Crippen molar-refractivity contribution >= 4 is 0 Å². The summed E-state index contributed by atoms with van der Waals surface area (Å²) in [4.78, 5) is 0. The molecule has 0 aromatic heterocycles. The van der Waals surface area contributed by atoms with Crippen LogP contribution in [0.5, 0.6) is 5.75 Å². The highest BCUT2D eigenvalue weighted by atomic mass is 16.3. The second kappa shape index (κ2) is 3.53. The molecule has 2 aliphatic rings. The Morgan fingerprint density at radius 2 is 2.20 bits per heavy atom. The van der Waals surface area contributed by atoms with Gasteiger partial charge >= 0.3 is 0 Å². The summed E-state index contributed by atoms with van der Waals surface area (Å²) in [6, 6.07) is 6.57. The van der Waals surface area contributed by atoms with Gasteiger partial charge in [0.2, 0.25) is 0 Å². The first-order chi connectivity index (χ1) is 7.34.